The van der Waals surface area contributed by atoms with E-state index in [0.29, 0.717) is 42.1 Å². The van der Waals surface area contributed by atoms with Crippen molar-refractivity contribution in [3.8, 4) is 17.2 Å². The second kappa shape index (κ2) is 18.6. The average molecular weight is 814 g/mol. The molecule has 6 aromatic rings. The molecule has 1 aliphatic rings. The number of nitrogens with zero attached hydrogens (tertiary/aromatic N) is 1. The van der Waals surface area contributed by atoms with Crippen LogP contribution in [0.4, 0.5) is 5.69 Å². The van der Waals surface area contributed by atoms with E-state index in [9.17, 15) is 9.90 Å². The summed E-state index contributed by atoms with van der Waals surface area (Å²) < 4.78 is 19.8. The smallest absolute Gasteiger partial charge is 0.319 e. The molecule has 1 amide bonds. The molecule has 58 heavy (non-hydrogen) atoms. The maximum atomic E-state index is 13.4. The van der Waals surface area contributed by atoms with Crippen LogP contribution in [0, 0.1) is 0 Å². The number of thiophene rings is 1. The van der Waals surface area contributed by atoms with Crippen LogP contribution in [0.1, 0.15) is 48.8 Å². The fourth-order valence-corrected chi connectivity index (χ4v) is 13.5. The second-order valence-corrected chi connectivity index (χ2v) is 21.3. The number of ether oxygens (including phenoxy) is 2. The number of nitrogens with one attached hydrogen (secondary N) is 2. The van der Waals surface area contributed by atoms with Gasteiger partial charge in [0.1, 0.15) is 34.8 Å². The standard InChI is InChI=1S/C48H55N3O5SSi/c1-48(2,3)58(41-13-7-5-8-14-41,42-15-9-6-10-16-42)56-40-25-23-39(24-26-40)55-34-38(52)33-49-30-27-35-19-21-36(22-20-35)50-37-28-31-51(32-29-37)47(53)46-45(54-4)43-17-11-12-18-44(43)57-46/h5-26,37-38,49-50,52H,27-34H2,1-4H3/t38-/m0/s1. The minimum atomic E-state index is -2.73. The number of likely N-dealkylation sites (tertiary alicyclic amines) is 1. The number of aliphatic hydroxyl groups is 1. The van der Waals surface area contributed by atoms with Crippen molar-refractivity contribution in [2.75, 3.05) is 45.2 Å². The van der Waals surface area contributed by atoms with Gasteiger partial charge in [0, 0.05) is 41.4 Å². The summed E-state index contributed by atoms with van der Waals surface area (Å²) in [5, 5.41) is 21.0. The lowest BCUT2D eigenvalue weighted by atomic mass is 10.0. The molecule has 5 aromatic carbocycles. The molecule has 0 spiro atoms. The summed E-state index contributed by atoms with van der Waals surface area (Å²) in [7, 11) is -1.09. The van der Waals surface area contributed by atoms with E-state index >= 15 is 0 Å². The van der Waals surface area contributed by atoms with Crippen LogP contribution in [0.3, 0.4) is 0 Å². The van der Waals surface area contributed by atoms with Gasteiger partial charge in [0.25, 0.3) is 5.91 Å². The number of aliphatic hydroxyl groups excluding tert-OH is 1. The number of hydrogen-bond acceptors (Lipinski definition) is 8. The van der Waals surface area contributed by atoms with Gasteiger partial charge in [0.05, 0.1) is 7.11 Å². The predicted octanol–water partition coefficient (Wildman–Crippen LogP) is 8.14. The van der Waals surface area contributed by atoms with Crippen LogP contribution in [0.25, 0.3) is 10.1 Å². The number of hydrogen-bond donors (Lipinski definition) is 3. The van der Waals surface area contributed by atoms with E-state index < -0.39 is 14.4 Å². The molecule has 0 radical (unpaired) electrons. The first kappa shape index (κ1) is 41.0. The third-order valence-corrected chi connectivity index (χ3v) is 17.1. The molecule has 3 N–H and O–H groups in total. The van der Waals surface area contributed by atoms with Crippen molar-refractivity contribution in [2.45, 2.75) is 57.2 Å². The summed E-state index contributed by atoms with van der Waals surface area (Å²) in [6.45, 7) is 9.59. The molecule has 10 heteroatoms. The number of methoxy groups -OCH3 is 1. The predicted molar refractivity (Wildman–Crippen MR) is 240 cm³/mol. The zero-order valence-electron chi connectivity index (χ0n) is 33.9. The summed E-state index contributed by atoms with van der Waals surface area (Å²) >= 11 is 1.51. The lowest BCUT2D eigenvalue weighted by Crippen LogP contribution is -2.68. The molecule has 1 aromatic heterocycles. The van der Waals surface area contributed by atoms with Crippen LogP contribution in [0.2, 0.25) is 5.04 Å². The van der Waals surface area contributed by atoms with Gasteiger partial charge < -0.3 is 34.5 Å². The quantitative estimate of drug-likeness (QED) is 0.0672. The second-order valence-electron chi connectivity index (χ2n) is 16.0. The third-order valence-electron chi connectivity index (χ3n) is 11.0. The van der Waals surface area contributed by atoms with E-state index in [4.69, 9.17) is 13.9 Å². The number of piperidine rings is 1. The lowest BCUT2D eigenvalue weighted by Gasteiger charge is -2.43. The van der Waals surface area contributed by atoms with E-state index in [0.717, 1.165) is 47.3 Å². The Labute approximate surface area is 347 Å². The topological polar surface area (TPSA) is 92.3 Å². The minimum Gasteiger partial charge on any atom is -0.534 e. The Balaban J connectivity index is 0.827. The Morgan fingerprint density at radius 3 is 2.05 bits per heavy atom. The minimum absolute atomic E-state index is 0.0537. The molecule has 1 saturated heterocycles. The Kier molecular flexibility index (Phi) is 13.2. The Morgan fingerprint density at radius 2 is 1.43 bits per heavy atom. The van der Waals surface area contributed by atoms with Crippen LogP contribution >= 0.6 is 11.3 Å². The van der Waals surface area contributed by atoms with Crippen molar-refractivity contribution >= 4 is 51.7 Å². The maximum absolute atomic E-state index is 13.4. The van der Waals surface area contributed by atoms with Gasteiger partial charge in [-0.1, -0.05) is 106 Å². The molecule has 2 heterocycles. The molecule has 0 saturated carbocycles. The molecule has 1 atom stereocenters. The number of fused-ring (bicyclic) bond motifs is 1. The SMILES string of the molecule is COc1c(C(=O)N2CCC(Nc3ccc(CCNC[C@H](O)COc4ccc(O[Si](c5ccccc5)(c5ccccc5)C(C)(C)C)cc4)cc3)CC2)sc2ccccc12. The Morgan fingerprint density at radius 1 is 0.828 bits per heavy atom. The highest BCUT2D eigenvalue weighted by molar-refractivity contribution is 7.21. The van der Waals surface area contributed by atoms with Crippen molar-refractivity contribution < 1.29 is 23.8 Å². The Bertz CT molecular complexity index is 2180. The van der Waals surface area contributed by atoms with Gasteiger partial charge in [-0.3, -0.25) is 4.79 Å². The molecule has 0 bridgehead atoms. The zero-order chi connectivity index (χ0) is 40.5. The van der Waals surface area contributed by atoms with Gasteiger partial charge in [-0.15, -0.1) is 11.3 Å². The van der Waals surface area contributed by atoms with Gasteiger partial charge in [-0.05, 0) is 95.3 Å². The number of benzene rings is 5. The molecular weight excluding hydrogens is 759 g/mol. The van der Waals surface area contributed by atoms with Crippen molar-refractivity contribution in [3.05, 3.63) is 144 Å². The first-order valence-electron chi connectivity index (χ1n) is 20.3. The number of carbonyl (C=O) groups is 1. The molecule has 7 rings (SSSR count). The van der Waals surface area contributed by atoms with Crippen LogP contribution < -0.4 is 34.9 Å². The number of carbonyl (C=O) groups excluding carboxylic acids is 1. The fraction of sp³-hybridized carbons (Fsp3) is 0.312. The lowest BCUT2D eigenvalue weighted by molar-refractivity contribution is 0.0720. The Hall–Kier alpha value is -5.13. The third kappa shape index (κ3) is 9.42. The van der Waals surface area contributed by atoms with Crippen LogP contribution in [-0.2, 0) is 6.42 Å². The largest absolute Gasteiger partial charge is 0.534 e. The van der Waals surface area contributed by atoms with E-state index in [1.807, 2.05) is 65.6 Å². The monoisotopic (exact) mass is 813 g/mol. The van der Waals surface area contributed by atoms with E-state index in [-0.39, 0.29) is 17.6 Å². The summed E-state index contributed by atoms with van der Waals surface area (Å²) in [4.78, 5) is 16.1. The molecule has 1 aliphatic heterocycles. The van der Waals surface area contributed by atoms with Gasteiger partial charge >= 0.3 is 8.32 Å². The fourth-order valence-electron chi connectivity index (χ4n) is 7.92. The highest BCUT2D eigenvalue weighted by atomic mass is 32.1. The molecule has 0 unspecified atom stereocenters. The van der Waals surface area contributed by atoms with Gasteiger partial charge in [-0.25, -0.2) is 0 Å². The van der Waals surface area contributed by atoms with Gasteiger partial charge in [0.2, 0.25) is 0 Å². The van der Waals surface area contributed by atoms with E-state index in [1.54, 1.807) is 7.11 Å². The molecule has 0 aliphatic carbocycles. The maximum Gasteiger partial charge on any atom is 0.319 e. The summed E-state index contributed by atoms with van der Waals surface area (Å²) in [5.41, 5.74) is 2.31. The van der Waals surface area contributed by atoms with Crippen LogP contribution in [0.15, 0.2) is 133 Å². The van der Waals surface area contributed by atoms with Crippen LogP contribution in [0.5, 0.6) is 17.2 Å². The first-order chi connectivity index (χ1) is 28.1. The molecular formula is C48H55N3O5SSi. The summed E-state index contributed by atoms with van der Waals surface area (Å²) in [5.74, 6) is 2.22. The summed E-state index contributed by atoms with van der Waals surface area (Å²) in [6.07, 6.45) is 1.98. The van der Waals surface area contributed by atoms with Crippen molar-refractivity contribution in [2.24, 2.45) is 0 Å². The zero-order valence-corrected chi connectivity index (χ0v) is 35.8. The van der Waals surface area contributed by atoms with E-state index in [2.05, 4.69) is 104 Å². The normalized spacial score (nSPS) is 14.3. The average Bonchev–Trinajstić information content (AvgIpc) is 3.63. The number of rotatable bonds is 16. The summed E-state index contributed by atoms with van der Waals surface area (Å²) in [6, 6.07) is 45.9. The van der Waals surface area contributed by atoms with E-state index in [1.165, 1.54) is 27.3 Å². The molecule has 8 nitrogen and oxygen atoms in total. The van der Waals surface area contributed by atoms with Crippen LogP contribution in [-0.4, -0.2) is 76.3 Å². The number of amides is 1. The molecule has 1 fully saturated rings. The highest BCUT2D eigenvalue weighted by Crippen LogP contribution is 2.39. The number of anilines is 1. The highest BCUT2D eigenvalue weighted by Gasteiger charge is 2.52. The van der Waals surface area contributed by atoms with Gasteiger partial charge in [-0.2, -0.15) is 0 Å². The van der Waals surface area contributed by atoms with Gasteiger partial charge in [0.15, 0.2) is 0 Å². The van der Waals surface area contributed by atoms with Crippen molar-refractivity contribution in [1.29, 1.82) is 0 Å². The van der Waals surface area contributed by atoms with Crippen molar-refractivity contribution in [1.82, 2.24) is 10.2 Å². The van der Waals surface area contributed by atoms with Crippen molar-refractivity contribution in [3.63, 3.8) is 0 Å². The first-order valence-corrected chi connectivity index (χ1v) is 23.0. The molecule has 302 valence electrons.